The second kappa shape index (κ2) is 6.06. The van der Waals surface area contributed by atoms with Crippen molar-refractivity contribution in [3.05, 3.63) is 40.9 Å². The number of fused-ring (bicyclic) bond motifs is 1. The van der Waals surface area contributed by atoms with Crippen LogP contribution in [-0.4, -0.2) is 18.6 Å². The molecule has 0 radical (unpaired) electrons. The van der Waals surface area contributed by atoms with E-state index in [1.54, 1.807) is 0 Å². The standard InChI is InChI=1S/C15H16BrNO2/c1-10(2)17-15(18)9-19-14-6-4-11-3-5-13(16)7-12(11)8-14/h3-8,10H,9H2,1-2H3,(H,17,18). The van der Waals surface area contributed by atoms with Crippen molar-refractivity contribution in [2.45, 2.75) is 19.9 Å². The summed E-state index contributed by atoms with van der Waals surface area (Å²) in [6.45, 7) is 3.88. The zero-order valence-corrected chi connectivity index (χ0v) is 12.5. The number of amides is 1. The van der Waals surface area contributed by atoms with Gasteiger partial charge in [0.2, 0.25) is 0 Å². The molecule has 0 unspecified atom stereocenters. The lowest BCUT2D eigenvalue weighted by atomic mass is 10.1. The molecular weight excluding hydrogens is 306 g/mol. The lowest BCUT2D eigenvalue weighted by Crippen LogP contribution is -2.34. The van der Waals surface area contributed by atoms with Gasteiger partial charge in [-0.1, -0.05) is 28.1 Å². The lowest BCUT2D eigenvalue weighted by molar-refractivity contribution is -0.123. The lowest BCUT2D eigenvalue weighted by Gasteiger charge is -2.10. The van der Waals surface area contributed by atoms with Crippen LogP contribution < -0.4 is 10.1 Å². The van der Waals surface area contributed by atoms with Crippen LogP contribution in [0.4, 0.5) is 0 Å². The molecule has 1 N–H and O–H groups in total. The maximum Gasteiger partial charge on any atom is 0.258 e. The SMILES string of the molecule is CC(C)NC(=O)COc1ccc2ccc(Br)cc2c1. The maximum atomic E-state index is 11.5. The highest BCUT2D eigenvalue weighted by molar-refractivity contribution is 9.10. The first kappa shape index (κ1) is 13.9. The third kappa shape index (κ3) is 3.96. The van der Waals surface area contributed by atoms with E-state index in [1.807, 2.05) is 50.2 Å². The number of rotatable bonds is 4. The number of ether oxygens (including phenoxy) is 1. The van der Waals surface area contributed by atoms with E-state index in [0.717, 1.165) is 15.2 Å². The Kier molecular flexibility index (Phi) is 4.43. The monoisotopic (exact) mass is 321 g/mol. The number of carbonyl (C=O) groups is 1. The van der Waals surface area contributed by atoms with E-state index in [2.05, 4.69) is 21.2 Å². The highest BCUT2D eigenvalue weighted by atomic mass is 79.9. The van der Waals surface area contributed by atoms with Gasteiger partial charge in [0, 0.05) is 10.5 Å². The second-order valence-electron chi connectivity index (χ2n) is 4.66. The van der Waals surface area contributed by atoms with Gasteiger partial charge in [0.25, 0.3) is 5.91 Å². The summed E-state index contributed by atoms with van der Waals surface area (Å²) in [5.74, 6) is 0.592. The van der Waals surface area contributed by atoms with E-state index in [0.29, 0.717) is 5.75 Å². The van der Waals surface area contributed by atoms with Gasteiger partial charge < -0.3 is 10.1 Å². The van der Waals surface area contributed by atoms with Crippen LogP contribution in [0.15, 0.2) is 40.9 Å². The van der Waals surface area contributed by atoms with Gasteiger partial charge in [-0.2, -0.15) is 0 Å². The first-order valence-electron chi connectivity index (χ1n) is 6.16. The summed E-state index contributed by atoms with van der Waals surface area (Å²) in [5, 5.41) is 5.01. The molecule has 0 atom stereocenters. The molecule has 2 rings (SSSR count). The Hall–Kier alpha value is -1.55. The largest absolute Gasteiger partial charge is 0.484 e. The average molecular weight is 322 g/mol. The minimum atomic E-state index is -0.107. The van der Waals surface area contributed by atoms with Crippen LogP contribution in [0.2, 0.25) is 0 Å². The summed E-state index contributed by atoms with van der Waals surface area (Å²) in [6, 6.07) is 12.0. The number of halogens is 1. The van der Waals surface area contributed by atoms with E-state index in [-0.39, 0.29) is 18.6 Å². The molecule has 0 aliphatic carbocycles. The van der Waals surface area contributed by atoms with E-state index >= 15 is 0 Å². The topological polar surface area (TPSA) is 38.3 Å². The van der Waals surface area contributed by atoms with Crippen LogP contribution in [0.5, 0.6) is 5.75 Å². The number of carbonyl (C=O) groups excluding carboxylic acids is 1. The Bertz CT molecular complexity index is 596. The van der Waals surface area contributed by atoms with Crippen LogP contribution >= 0.6 is 15.9 Å². The predicted molar refractivity (Wildman–Crippen MR) is 80.4 cm³/mol. The fraction of sp³-hybridized carbons (Fsp3) is 0.267. The molecule has 0 saturated carbocycles. The molecule has 2 aromatic carbocycles. The van der Waals surface area contributed by atoms with Gasteiger partial charge in [0.1, 0.15) is 5.75 Å². The van der Waals surface area contributed by atoms with Crippen LogP contribution in [0.3, 0.4) is 0 Å². The van der Waals surface area contributed by atoms with Gasteiger partial charge in [0.05, 0.1) is 0 Å². The number of hydrogen-bond donors (Lipinski definition) is 1. The molecule has 4 heteroatoms. The molecule has 0 bridgehead atoms. The molecule has 19 heavy (non-hydrogen) atoms. The van der Waals surface area contributed by atoms with E-state index < -0.39 is 0 Å². The third-order valence-electron chi connectivity index (χ3n) is 2.59. The molecule has 0 heterocycles. The Morgan fingerprint density at radius 3 is 2.68 bits per heavy atom. The highest BCUT2D eigenvalue weighted by Crippen LogP contribution is 2.24. The highest BCUT2D eigenvalue weighted by Gasteiger charge is 2.05. The second-order valence-corrected chi connectivity index (χ2v) is 5.58. The fourth-order valence-electron chi connectivity index (χ4n) is 1.80. The van der Waals surface area contributed by atoms with Crippen LogP contribution in [0.1, 0.15) is 13.8 Å². The summed E-state index contributed by atoms with van der Waals surface area (Å²) in [4.78, 5) is 11.5. The zero-order chi connectivity index (χ0) is 13.8. The van der Waals surface area contributed by atoms with Crippen molar-refractivity contribution >= 4 is 32.6 Å². The normalized spacial score (nSPS) is 10.7. The quantitative estimate of drug-likeness (QED) is 0.935. The number of hydrogen-bond acceptors (Lipinski definition) is 2. The van der Waals surface area contributed by atoms with E-state index in [9.17, 15) is 4.79 Å². The molecule has 3 nitrogen and oxygen atoms in total. The van der Waals surface area contributed by atoms with Gasteiger partial charge in [-0.25, -0.2) is 0 Å². The molecular formula is C15H16BrNO2. The molecule has 100 valence electrons. The maximum absolute atomic E-state index is 11.5. The molecule has 0 aliphatic heterocycles. The van der Waals surface area contributed by atoms with Crippen LogP contribution in [0, 0.1) is 0 Å². The molecule has 0 aliphatic rings. The Morgan fingerprint density at radius 1 is 1.21 bits per heavy atom. The molecule has 0 aromatic heterocycles. The van der Waals surface area contributed by atoms with E-state index in [4.69, 9.17) is 4.74 Å². The fourth-order valence-corrected chi connectivity index (χ4v) is 2.18. The number of benzene rings is 2. The van der Waals surface area contributed by atoms with Gasteiger partial charge in [0.15, 0.2) is 6.61 Å². The predicted octanol–water partition coefficient (Wildman–Crippen LogP) is 3.51. The van der Waals surface area contributed by atoms with Gasteiger partial charge in [-0.3, -0.25) is 4.79 Å². The summed E-state index contributed by atoms with van der Waals surface area (Å²) in [5.41, 5.74) is 0. The Morgan fingerprint density at radius 2 is 1.95 bits per heavy atom. The molecule has 2 aromatic rings. The van der Waals surface area contributed by atoms with Crippen LogP contribution in [-0.2, 0) is 4.79 Å². The van der Waals surface area contributed by atoms with Crippen molar-refractivity contribution in [1.82, 2.24) is 5.32 Å². The first-order valence-corrected chi connectivity index (χ1v) is 6.95. The van der Waals surface area contributed by atoms with Gasteiger partial charge in [-0.05, 0) is 48.9 Å². The minimum Gasteiger partial charge on any atom is -0.484 e. The molecule has 0 fully saturated rings. The van der Waals surface area contributed by atoms with Crippen LogP contribution in [0.25, 0.3) is 10.8 Å². The summed E-state index contributed by atoms with van der Waals surface area (Å²) in [6.07, 6.45) is 0. The summed E-state index contributed by atoms with van der Waals surface area (Å²) >= 11 is 3.44. The first-order chi connectivity index (χ1) is 9.04. The molecule has 1 amide bonds. The van der Waals surface area contributed by atoms with Crippen molar-refractivity contribution in [2.24, 2.45) is 0 Å². The van der Waals surface area contributed by atoms with Crippen molar-refractivity contribution in [2.75, 3.05) is 6.61 Å². The van der Waals surface area contributed by atoms with E-state index in [1.165, 1.54) is 0 Å². The number of nitrogens with one attached hydrogen (secondary N) is 1. The zero-order valence-electron chi connectivity index (χ0n) is 10.9. The van der Waals surface area contributed by atoms with Crippen molar-refractivity contribution in [3.8, 4) is 5.75 Å². The van der Waals surface area contributed by atoms with Crippen molar-refractivity contribution in [3.63, 3.8) is 0 Å². The molecule has 0 saturated heterocycles. The summed E-state index contributed by atoms with van der Waals surface area (Å²) in [7, 11) is 0. The van der Waals surface area contributed by atoms with Gasteiger partial charge in [-0.15, -0.1) is 0 Å². The van der Waals surface area contributed by atoms with Crippen molar-refractivity contribution in [1.29, 1.82) is 0 Å². The summed E-state index contributed by atoms with van der Waals surface area (Å²) < 4.78 is 6.51. The van der Waals surface area contributed by atoms with Gasteiger partial charge >= 0.3 is 0 Å². The molecule has 0 spiro atoms. The third-order valence-corrected chi connectivity index (χ3v) is 3.09. The Labute approximate surface area is 121 Å². The average Bonchev–Trinajstić information content (AvgIpc) is 2.35. The smallest absolute Gasteiger partial charge is 0.258 e. The minimum absolute atomic E-state index is 0.0394. The van der Waals surface area contributed by atoms with Crippen molar-refractivity contribution < 1.29 is 9.53 Å². The Balaban J connectivity index is 2.07.